The largest absolute Gasteiger partial charge is 0.355 e. The SMILES string of the molecule is CCC(CC)(CBr)CNC(=O)Cc1ccc(Cl)cc1. The van der Waals surface area contributed by atoms with E-state index in [0.717, 1.165) is 30.3 Å². The van der Waals surface area contributed by atoms with Crippen molar-refractivity contribution in [3.8, 4) is 0 Å². The van der Waals surface area contributed by atoms with E-state index in [9.17, 15) is 4.79 Å². The molecule has 0 aliphatic rings. The molecular formula is C15H21BrClNO. The highest BCUT2D eigenvalue weighted by molar-refractivity contribution is 9.09. The third-order valence-electron chi connectivity index (χ3n) is 3.72. The van der Waals surface area contributed by atoms with Crippen LogP contribution in [0.5, 0.6) is 0 Å². The summed E-state index contributed by atoms with van der Waals surface area (Å²) in [5.74, 6) is 0.0644. The molecule has 0 spiro atoms. The first-order valence-electron chi connectivity index (χ1n) is 6.62. The summed E-state index contributed by atoms with van der Waals surface area (Å²) >= 11 is 9.37. The van der Waals surface area contributed by atoms with Crippen molar-refractivity contribution in [1.82, 2.24) is 5.32 Å². The van der Waals surface area contributed by atoms with Gasteiger partial charge in [-0.2, -0.15) is 0 Å². The van der Waals surface area contributed by atoms with Gasteiger partial charge in [-0.25, -0.2) is 0 Å². The number of halogens is 2. The van der Waals surface area contributed by atoms with Crippen LogP contribution in [0.15, 0.2) is 24.3 Å². The van der Waals surface area contributed by atoms with E-state index < -0.39 is 0 Å². The summed E-state index contributed by atoms with van der Waals surface area (Å²) in [6, 6.07) is 7.40. The standard InChI is InChI=1S/C15H21BrClNO/c1-3-15(4-2,10-16)11-18-14(19)9-12-5-7-13(17)8-6-12/h5-8H,3-4,9-11H2,1-2H3,(H,18,19). The van der Waals surface area contributed by atoms with Crippen molar-refractivity contribution in [3.63, 3.8) is 0 Å². The molecule has 0 unspecified atom stereocenters. The molecule has 19 heavy (non-hydrogen) atoms. The fourth-order valence-electron chi connectivity index (χ4n) is 1.87. The number of alkyl halides is 1. The van der Waals surface area contributed by atoms with E-state index >= 15 is 0 Å². The second-order valence-electron chi connectivity index (χ2n) is 4.92. The van der Waals surface area contributed by atoms with E-state index in [0.29, 0.717) is 11.4 Å². The molecular weight excluding hydrogens is 326 g/mol. The molecule has 1 aromatic rings. The number of carbonyl (C=O) groups excluding carboxylic acids is 1. The molecule has 0 aliphatic heterocycles. The molecule has 0 fully saturated rings. The Kier molecular flexibility index (Phi) is 6.87. The maximum absolute atomic E-state index is 11.9. The van der Waals surface area contributed by atoms with Gasteiger partial charge in [-0.15, -0.1) is 0 Å². The zero-order valence-electron chi connectivity index (χ0n) is 11.5. The Morgan fingerprint density at radius 3 is 2.32 bits per heavy atom. The molecule has 0 heterocycles. The maximum Gasteiger partial charge on any atom is 0.224 e. The first-order valence-corrected chi connectivity index (χ1v) is 8.12. The van der Waals surface area contributed by atoms with E-state index in [1.54, 1.807) is 0 Å². The Bertz CT molecular complexity index is 393. The molecule has 1 N–H and O–H groups in total. The predicted octanol–water partition coefficient (Wildman–Crippen LogP) is 4.20. The van der Waals surface area contributed by atoms with E-state index in [4.69, 9.17) is 11.6 Å². The normalized spacial score (nSPS) is 11.4. The minimum atomic E-state index is 0.0644. The third kappa shape index (κ3) is 5.15. The van der Waals surface area contributed by atoms with Gasteiger partial charge in [0, 0.05) is 16.9 Å². The second kappa shape index (κ2) is 7.91. The average molecular weight is 347 g/mol. The van der Waals surface area contributed by atoms with Gasteiger partial charge in [0.15, 0.2) is 0 Å². The van der Waals surface area contributed by atoms with Crippen LogP contribution in [-0.2, 0) is 11.2 Å². The van der Waals surface area contributed by atoms with Crippen molar-refractivity contribution >= 4 is 33.4 Å². The smallest absolute Gasteiger partial charge is 0.224 e. The zero-order valence-corrected chi connectivity index (χ0v) is 13.9. The Morgan fingerprint density at radius 1 is 1.26 bits per heavy atom. The molecule has 4 heteroatoms. The summed E-state index contributed by atoms with van der Waals surface area (Å²) in [6.45, 7) is 5.05. The van der Waals surface area contributed by atoms with E-state index in [1.165, 1.54) is 0 Å². The topological polar surface area (TPSA) is 29.1 Å². The molecule has 2 nitrogen and oxygen atoms in total. The molecule has 106 valence electrons. The van der Waals surface area contributed by atoms with Crippen LogP contribution in [0, 0.1) is 5.41 Å². The Morgan fingerprint density at radius 2 is 1.84 bits per heavy atom. The molecule has 0 saturated heterocycles. The lowest BCUT2D eigenvalue weighted by molar-refractivity contribution is -0.120. The number of nitrogens with one attached hydrogen (secondary N) is 1. The van der Waals surface area contributed by atoms with Crippen molar-refractivity contribution in [3.05, 3.63) is 34.9 Å². The first-order chi connectivity index (χ1) is 9.05. The zero-order chi connectivity index (χ0) is 14.3. The van der Waals surface area contributed by atoms with Crippen molar-refractivity contribution in [2.75, 3.05) is 11.9 Å². The van der Waals surface area contributed by atoms with Gasteiger partial charge in [-0.1, -0.05) is 53.5 Å². The third-order valence-corrected chi connectivity index (χ3v) is 5.16. The van der Waals surface area contributed by atoms with Gasteiger partial charge >= 0.3 is 0 Å². The van der Waals surface area contributed by atoms with E-state index in [1.807, 2.05) is 24.3 Å². The van der Waals surface area contributed by atoms with Crippen LogP contribution in [-0.4, -0.2) is 17.8 Å². The van der Waals surface area contributed by atoms with Crippen molar-refractivity contribution in [2.24, 2.45) is 5.41 Å². The Balaban J connectivity index is 2.49. The lowest BCUT2D eigenvalue weighted by Crippen LogP contribution is -2.38. The van der Waals surface area contributed by atoms with Gasteiger partial charge in [0.25, 0.3) is 0 Å². The van der Waals surface area contributed by atoms with Gasteiger partial charge in [-0.05, 0) is 36.0 Å². The van der Waals surface area contributed by atoms with E-state index in [2.05, 4.69) is 35.1 Å². The lowest BCUT2D eigenvalue weighted by atomic mass is 9.84. The lowest BCUT2D eigenvalue weighted by Gasteiger charge is -2.29. The number of hydrogen-bond acceptors (Lipinski definition) is 1. The monoisotopic (exact) mass is 345 g/mol. The van der Waals surface area contributed by atoms with Crippen LogP contribution in [0.4, 0.5) is 0 Å². The van der Waals surface area contributed by atoms with Gasteiger partial charge in [0.05, 0.1) is 6.42 Å². The highest BCUT2D eigenvalue weighted by Gasteiger charge is 2.25. The van der Waals surface area contributed by atoms with Gasteiger partial charge < -0.3 is 5.32 Å². The van der Waals surface area contributed by atoms with Crippen molar-refractivity contribution in [1.29, 1.82) is 0 Å². The highest BCUT2D eigenvalue weighted by atomic mass is 79.9. The minimum absolute atomic E-state index is 0.0644. The fourth-order valence-corrected chi connectivity index (χ4v) is 2.99. The van der Waals surface area contributed by atoms with Gasteiger partial charge in [0.2, 0.25) is 5.91 Å². The second-order valence-corrected chi connectivity index (χ2v) is 5.92. The summed E-state index contributed by atoms with van der Waals surface area (Å²) in [5, 5.41) is 4.64. The van der Waals surface area contributed by atoms with Gasteiger partial charge in [-0.3, -0.25) is 4.79 Å². The van der Waals surface area contributed by atoms with Gasteiger partial charge in [0.1, 0.15) is 0 Å². The molecule has 0 bridgehead atoms. The van der Waals surface area contributed by atoms with Crippen LogP contribution in [0.2, 0.25) is 5.02 Å². The number of carbonyl (C=O) groups is 1. The average Bonchev–Trinajstić information content (AvgIpc) is 2.44. The molecule has 1 aromatic carbocycles. The summed E-state index contributed by atoms with van der Waals surface area (Å²) < 4.78 is 0. The van der Waals surface area contributed by atoms with Crippen molar-refractivity contribution < 1.29 is 4.79 Å². The number of rotatable bonds is 7. The minimum Gasteiger partial charge on any atom is -0.355 e. The molecule has 1 rings (SSSR count). The maximum atomic E-state index is 11.9. The molecule has 0 aliphatic carbocycles. The first kappa shape index (κ1) is 16.5. The highest BCUT2D eigenvalue weighted by Crippen LogP contribution is 2.27. The number of hydrogen-bond donors (Lipinski definition) is 1. The molecule has 0 radical (unpaired) electrons. The fraction of sp³-hybridized carbons (Fsp3) is 0.533. The number of benzene rings is 1. The molecule has 0 aromatic heterocycles. The quantitative estimate of drug-likeness (QED) is 0.737. The van der Waals surface area contributed by atoms with Crippen LogP contribution >= 0.6 is 27.5 Å². The Hall–Kier alpha value is -0.540. The Labute approximate surface area is 129 Å². The van der Waals surface area contributed by atoms with E-state index in [-0.39, 0.29) is 11.3 Å². The summed E-state index contributed by atoms with van der Waals surface area (Å²) in [6.07, 6.45) is 2.51. The molecule has 1 amide bonds. The number of amides is 1. The van der Waals surface area contributed by atoms with Crippen LogP contribution < -0.4 is 5.32 Å². The summed E-state index contributed by atoms with van der Waals surface area (Å²) in [4.78, 5) is 11.9. The van der Waals surface area contributed by atoms with Crippen LogP contribution in [0.3, 0.4) is 0 Å². The molecule has 0 atom stereocenters. The van der Waals surface area contributed by atoms with Crippen LogP contribution in [0.1, 0.15) is 32.3 Å². The van der Waals surface area contributed by atoms with Crippen molar-refractivity contribution in [2.45, 2.75) is 33.1 Å². The predicted molar refractivity (Wildman–Crippen MR) is 85.0 cm³/mol. The molecule has 0 saturated carbocycles. The summed E-state index contributed by atoms with van der Waals surface area (Å²) in [7, 11) is 0. The summed E-state index contributed by atoms with van der Waals surface area (Å²) in [5.41, 5.74) is 1.15. The van der Waals surface area contributed by atoms with Crippen LogP contribution in [0.25, 0.3) is 0 Å².